The van der Waals surface area contributed by atoms with Gasteiger partial charge >= 0.3 is 5.97 Å². The molecule has 0 saturated heterocycles. The van der Waals surface area contributed by atoms with Crippen molar-refractivity contribution in [3.63, 3.8) is 0 Å². The molecule has 2 N–H and O–H groups in total. The zero-order valence-electron chi connectivity index (χ0n) is 22.9. The van der Waals surface area contributed by atoms with Crippen LogP contribution in [0.3, 0.4) is 0 Å². The minimum atomic E-state index is -1.13. The number of aromatic nitrogens is 2. The lowest BCUT2D eigenvalue weighted by Gasteiger charge is -2.39. The second kappa shape index (κ2) is 12.0. The first-order chi connectivity index (χ1) is 19.3. The van der Waals surface area contributed by atoms with Gasteiger partial charge in [0.15, 0.2) is 11.5 Å². The fraction of sp³-hybridized carbons (Fsp3) is 0.321. The van der Waals surface area contributed by atoms with E-state index in [1.165, 1.54) is 24.5 Å². The maximum atomic E-state index is 12.4. The van der Waals surface area contributed by atoms with Crippen molar-refractivity contribution >= 4 is 34.1 Å². The highest BCUT2D eigenvalue weighted by molar-refractivity contribution is 5.93. The minimum absolute atomic E-state index is 0.0503. The molecule has 0 saturated carbocycles. The largest absolute Gasteiger partial charge is 0.495 e. The van der Waals surface area contributed by atoms with Gasteiger partial charge in [-0.05, 0) is 23.8 Å². The molecule has 0 amide bonds. The van der Waals surface area contributed by atoms with Gasteiger partial charge in [0.2, 0.25) is 10.9 Å². The second-order valence-corrected chi connectivity index (χ2v) is 8.87. The number of carbonyl (C=O) groups is 1. The number of anilines is 3. The van der Waals surface area contributed by atoms with Crippen LogP contribution in [0, 0.1) is 0 Å². The van der Waals surface area contributed by atoms with Gasteiger partial charge in [0, 0.05) is 37.0 Å². The van der Waals surface area contributed by atoms with Crippen LogP contribution in [-0.2, 0) is 11.2 Å². The van der Waals surface area contributed by atoms with E-state index in [0.29, 0.717) is 58.3 Å². The predicted octanol–water partition coefficient (Wildman–Crippen LogP) is 2.75. The first-order valence-corrected chi connectivity index (χ1v) is 12.6. The van der Waals surface area contributed by atoms with Gasteiger partial charge in [-0.3, -0.25) is 14.6 Å². The Morgan fingerprint density at radius 1 is 0.950 bits per heavy atom. The Balaban J connectivity index is 1.67. The number of benzene rings is 2. The van der Waals surface area contributed by atoms with E-state index < -0.39 is 22.9 Å². The summed E-state index contributed by atoms with van der Waals surface area (Å²) in [5.74, 6) is 0.898. The van der Waals surface area contributed by atoms with E-state index >= 15 is 0 Å². The van der Waals surface area contributed by atoms with E-state index in [9.17, 15) is 19.5 Å². The molecule has 0 fully saturated rings. The topological polar surface area (TPSA) is 143 Å². The van der Waals surface area contributed by atoms with Crippen molar-refractivity contribution in [2.75, 3.05) is 44.7 Å². The molecule has 1 unspecified atom stereocenters. The number of nitrogens with zero attached hydrogens (tertiary/aromatic N) is 4. The molecule has 0 spiro atoms. The monoisotopic (exact) mass is 549 g/mol. The lowest BCUT2D eigenvalue weighted by molar-refractivity contribution is -0.139. The molecule has 0 radical (unpaired) electrons. The van der Waals surface area contributed by atoms with Crippen LogP contribution in [0.4, 0.5) is 17.2 Å². The van der Waals surface area contributed by atoms with Gasteiger partial charge in [-0.1, -0.05) is 19.9 Å². The van der Waals surface area contributed by atoms with E-state index in [4.69, 9.17) is 14.2 Å². The molecular formula is C28H31N5O7. The second-order valence-electron chi connectivity index (χ2n) is 8.87. The molecule has 0 aliphatic heterocycles. The third-order valence-corrected chi connectivity index (χ3v) is 6.67. The molecule has 12 nitrogen and oxygen atoms in total. The van der Waals surface area contributed by atoms with E-state index in [2.05, 4.69) is 15.3 Å². The minimum Gasteiger partial charge on any atom is -0.495 e. The molecule has 40 heavy (non-hydrogen) atoms. The van der Waals surface area contributed by atoms with E-state index in [0.717, 1.165) is 0 Å². The first-order valence-electron chi connectivity index (χ1n) is 12.6. The van der Waals surface area contributed by atoms with Crippen LogP contribution in [0.5, 0.6) is 17.2 Å². The van der Waals surface area contributed by atoms with Crippen molar-refractivity contribution in [3.05, 3.63) is 68.7 Å². The van der Waals surface area contributed by atoms with Crippen LogP contribution in [-0.4, -0.2) is 66.5 Å². The molecule has 12 heteroatoms. The fourth-order valence-electron chi connectivity index (χ4n) is 4.60. The summed E-state index contributed by atoms with van der Waals surface area (Å²) in [5, 5.41) is 17.3. The number of hydrazine groups is 1. The molecule has 4 rings (SSSR count). The lowest BCUT2D eigenvalue weighted by atomic mass is 10.0. The smallest absolute Gasteiger partial charge is 0.328 e. The quantitative estimate of drug-likeness (QED) is 0.187. The number of carboxylic acids is 1. The highest BCUT2D eigenvalue weighted by Crippen LogP contribution is 2.36. The third-order valence-electron chi connectivity index (χ3n) is 6.67. The van der Waals surface area contributed by atoms with E-state index in [-0.39, 0.29) is 12.1 Å². The van der Waals surface area contributed by atoms with Gasteiger partial charge in [-0.15, -0.1) is 0 Å². The van der Waals surface area contributed by atoms with Crippen LogP contribution < -0.4 is 35.4 Å². The molecule has 1 heterocycles. The molecular weight excluding hydrogens is 518 g/mol. The van der Waals surface area contributed by atoms with Crippen molar-refractivity contribution < 1.29 is 24.1 Å². The standard InChI is InChI=1S/C28H31N5O7/c1-6-32(7-2)33(20-14-22(34)26(20)35)21(28(36)37)10-16-8-9-18(23(11-16)38-3)31-27-17-12-24(39-4)25(40-5)13-19(17)29-15-30-27/h8-9,11-15,21H,6-7,10H2,1-5H3,(H,36,37)(H,29,30,31). The van der Waals surface area contributed by atoms with Crippen molar-refractivity contribution in [1.82, 2.24) is 15.0 Å². The summed E-state index contributed by atoms with van der Waals surface area (Å²) < 4.78 is 16.4. The Bertz CT molecular complexity index is 1590. The summed E-state index contributed by atoms with van der Waals surface area (Å²) in [6, 6.07) is 8.86. The predicted molar refractivity (Wildman–Crippen MR) is 151 cm³/mol. The Morgan fingerprint density at radius 2 is 1.62 bits per heavy atom. The SMILES string of the molecule is CCN(CC)N(c1cc(=O)c1=O)C(Cc1ccc(Nc2ncnc3cc(OC)c(OC)cc23)c(OC)c1)C(=O)O. The fourth-order valence-corrected chi connectivity index (χ4v) is 4.60. The molecule has 1 aromatic heterocycles. The Labute approximate surface area is 230 Å². The molecule has 3 aromatic carbocycles. The number of hydrogen-bond donors (Lipinski definition) is 2. The average molecular weight is 550 g/mol. The summed E-state index contributed by atoms with van der Waals surface area (Å²) in [4.78, 5) is 45.1. The van der Waals surface area contributed by atoms with Crippen molar-refractivity contribution in [2.24, 2.45) is 0 Å². The molecule has 0 bridgehead atoms. The van der Waals surface area contributed by atoms with Crippen molar-refractivity contribution in [3.8, 4) is 17.2 Å². The summed E-state index contributed by atoms with van der Waals surface area (Å²) in [5.41, 5.74) is 0.641. The molecule has 0 aliphatic carbocycles. The van der Waals surface area contributed by atoms with Gasteiger partial charge in [0.1, 0.15) is 29.6 Å². The van der Waals surface area contributed by atoms with E-state index in [1.54, 1.807) is 49.6 Å². The van der Waals surface area contributed by atoms with Gasteiger partial charge in [0.05, 0.1) is 32.5 Å². The van der Waals surface area contributed by atoms with Crippen LogP contribution in [0.25, 0.3) is 10.9 Å². The number of nitrogens with one attached hydrogen (secondary N) is 1. The molecule has 4 aromatic rings. The summed E-state index contributed by atoms with van der Waals surface area (Å²) >= 11 is 0. The normalized spacial score (nSPS) is 11.9. The van der Waals surface area contributed by atoms with Crippen LogP contribution in [0.2, 0.25) is 0 Å². The maximum absolute atomic E-state index is 12.4. The Morgan fingerprint density at radius 3 is 2.20 bits per heavy atom. The van der Waals surface area contributed by atoms with Gasteiger partial charge in [-0.25, -0.2) is 19.8 Å². The molecule has 1 atom stereocenters. The summed E-state index contributed by atoms with van der Waals surface area (Å²) in [6.07, 6.45) is 1.48. The van der Waals surface area contributed by atoms with Crippen LogP contribution in [0.15, 0.2) is 52.3 Å². The highest BCUT2D eigenvalue weighted by atomic mass is 16.5. The van der Waals surface area contributed by atoms with Crippen molar-refractivity contribution in [2.45, 2.75) is 26.3 Å². The Hall–Kier alpha value is -4.71. The zero-order valence-corrected chi connectivity index (χ0v) is 22.9. The number of fused-ring (bicyclic) bond motifs is 1. The summed E-state index contributed by atoms with van der Waals surface area (Å²) in [7, 11) is 4.60. The number of rotatable bonds is 13. The Kier molecular flexibility index (Phi) is 8.49. The molecule has 210 valence electrons. The number of carboxylic acid groups (broad SMARTS) is 1. The average Bonchev–Trinajstić information content (AvgIpc) is 2.97. The highest BCUT2D eigenvalue weighted by Gasteiger charge is 2.33. The van der Waals surface area contributed by atoms with Gasteiger partial charge in [0.25, 0.3) is 0 Å². The van der Waals surface area contributed by atoms with E-state index in [1.807, 2.05) is 13.8 Å². The van der Waals surface area contributed by atoms with Crippen LogP contribution >= 0.6 is 0 Å². The summed E-state index contributed by atoms with van der Waals surface area (Å²) in [6.45, 7) is 4.61. The lowest BCUT2D eigenvalue weighted by Crippen LogP contribution is -2.57. The van der Waals surface area contributed by atoms with Crippen LogP contribution in [0.1, 0.15) is 19.4 Å². The van der Waals surface area contributed by atoms with Gasteiger partial charge in [-0.2, -0.15) is 0 Å². The zero-order chi connectivity index (χ0) is 29.0. The van der Waals surface area contributed by atoms with Gasteiger partial charge < -0.3 is 24.6 Å². The third kappa shape index (κ3) is 5.38. The molecule has 0 aliphatic rings. The van der Waals surface area contributed by atoms with Crippen molar-refractivity contribution in [1.29, 1.82) is 0 Å². The first kappa shape index (κ1) is 28.3. The number of aliphatic carboxylic acids is 1. The number of methoxy groups -OCH3 is 3. The maximum Gasteiger partial charge on any atom is 0.328 e. The number of ether oxygens (including phenoxy) is 3. The number of hydrogen-bond acceptors (Lipinski definition) is 11.